The van der Waals surface area contributed by atoms with Crippen LogP contribution in [0.3, 0.4) is 0 Å². The van der Waals surface area contributed by atoms with Crippen molar-refractivity contribution in [3.8, 4) is 0 Å². The number of likely N-dealkylation sites (N-methyl/N-ethyl adjacent to an activating group) is 2. The molecule has 3 aromatic heterocycles. The van der Waals surface area contributed by atoms with Crippen LogP contribution in [0.25, 0.3) is 32.7 Å². The summed E-state index contributed by atoms with van der Waals surface area (Å²) >= 11 is 0. The Labute approximate surface area is 451 Å². The molecule has 0 aliphatic carbocycles. The summed E-state index contributed by atoms with van der Waals surface area (Å²) in [5.41, 5.74) is 24.5. The number of rotatable bonds is 21. The third kappa shape index (κ3) is 17.4. The molecule has 6 N–H and O–H groups in total. The number of benzene rings is 3. The molecule has 3 aromatic carbocycles. The molecule has 6 aromatic rings. The predicted octanol–water partition coefficient (Wildman–Crippen LogP) is 7.23. The normalized spacial score (nSPS) is 19.6. The molecule has 3 atom stereocenters. The van der Waals surface area contributed by atoms with Crippen molar-refractivity contribution in [2.75, 3.05) is 178 Å². The van der Waals surface area contributed by atoms with Crippen molar-refractivity contribution >= 4 is 49.8 Å². The molecule has 0 spiro atoms. The number of morpholine rings is 3. The van der Waals surface area contributed by atoms with Crippen LogP contribution in [0.15, 0.2) is 91.4 Å². The lowest BCUT2D eigenvalue weighted by atomic mass is 10.1. The molecule has 3 unspecified atom stereocenters. The molecule has 15 nitrogen and oxygen atoms in total. The summed E-state index contributed by atoms with van der Waals surface area (Å²) in [5, 5.41) is 3.48. The van der Waals surface area contributed by atoms with Gasteiger partial charge < -0.3 is 58.6 Å². The number of nitrogens with zero attached hydrogens (tertiary/aromatic N) is 9. The van der Waals surface area contributed by atoms with E-state index in [2.05, 4.69) is 147 Å². The van der Waals surface area contributed by atoms with Crippen LogP contribution in [0.5, 0.6) is 0 Å². The van der Waals surface area contributed by atoms with E-state index in [0.29, 0.717) is 18.3 Å². The van der Waals surface area contributed by atoms with Crippen LogP contribution < -0.4 is 17.2 Å². The van der Waals surface area contributed by atoms with Gasteiger partial charge in [-0.3, -0.25) is 14.7 Å². The summed E-state index contributed by atoms with van der Waals surface area (Å²) in [6.45, 7) is 25.7. The number of anilines is 3. The topological polar surface area (TPSA) is 130 Å². The lowest BCUT2D eigenvalue weighted by Gasteiger charge is -2.37. The van der Waals surface area contributed by atoms with Crippen LogP contribution in [-0.4, -0.2) is 221 Å². The highest BCUT2D eigenvalue weighted by Crippen LogP contribution is 2.25. The van der Waals surface area contributed by atoms with Gasteiger partial charge in [0.1, 0.15) is 25.3 Å². The highest BCUT2D eigenvalue weighted by atomic mass is 16.5. The molecule has 0 amide bonds. The Hall–Kier alpha value is -4.68. The molecule has 3 aliphatic heterocycles. The van der Waals surface area contributed by atoms with E-state index >= 15 is 0 Å². The molecule has 3 aliphatic rings. The maximum Gasteiger partial charge on any atom is 0.119 e. The molecule has 414 valence electrons. The van der Waals surface area contributed by atoms with E-state index in [1.54, 1.807) is 0 Å². The van der Waals surface area contributed by atoms with E-state index < -0.39 is 0 Å². The molecular weight excluding hydrogens is 937 g/mol. The van der Waals surface area contributed by atoms with Gasteiger partial charge in [-0.05, 0) is 87.7 Å². The van der Waals surface area contributed by atoms with Gasteiger partial charge in [-0.15, -0.1) is 0 Å². The molecule has 6 heterocycles. The van der Waals surface area contributed by atoms with Crippen LogP contribution in [-0.2, 0) is 33.8 Å². The number of ether oxygens (including phenoxy) is 3. The van der Waals surface area contributed by atoms with E-state index in [-0.39, 0.29) is 0 Å². The van der Waals surface area contributed by atoms with Gasteiger partial charge in [0.25, 0.3) is 0 Å². The quantitative estimate of drug-likeness (QED) is 0.0506. The lowest BCUT2D eigenvalue weighted by Crippen LogP contribution is -2.51. The summed E-state index contributed by atoms with van der Waals surface area (Å²) in [6, 6.07) is 24.8. The Morgan fingerprint density at radius 3 is 1.12 bits per heavy atom. The van der Waals surface area contributed by atoms with Crippen molar-refractivity contribution in [2.45, 2.75) is 77.5 Å². The molecule has 0 saturated carbocycles. The monoisotopic (exact) mass is 1040 g/mol. The summed E-state index contributed by atoms with van der Waals surface area (Å²) in [7, 11) is 15.7. The molecule has 15 heteroatoms. The van der Waals surface area contributed by atoms with Gasteiger partial charge >= 0.3 is 0 Å². The van der Waals surface area contributed by atoms with E-state index in [9.17, 15) is 0 Å². The van der Waals surface area contributed by atoms with Crippen LogP contribution in [0.2, 0.25) is 0 Å². The van der Waals surface area contributed by atoms with E-state index in [1.165, 1.54) is 36.2 Å². The molecule has 3 fully saturated rings. The highest BCUT2D eigenvalue weighted by molar-refractivity contribution is 5.92. The van der Waals surface area contributed by atoms with Gasteiger partial charge in [0.05, 0.1) is 111 Å². The predicted molar refractivity (Wildman–Crippen MR) is 314 cm³/mol. The second kappa shape index (κ2) is 27.1. The Balaban J connectivity index is 0.000000164. The average molecular weight is 1040 g/mol. The maximum absolute atomic E-state index is 6.07. The number of nitrogens with two attached hydrogens (primary N) is 3. The number of hydrogen-bond donors (Lipinski definition) is 3. The second-order valence-corrected chi connectivity index (χ2v) is 24.0. The first kappa shape index (κ1) is 58.0. The Morgan fingerprint density at radius 2 is 0.787 bits per heavy atom. The fourth-order valence-corrected chi connectivity index (χ4v) is 11.3. The number of nitrogen functional groups attached to an aromatic ring is 3. The van der Waals surface area contributed by atoms with Gasteiger partial charge in [-0.25, -0.2) is 0 Å². The molecule has 9 rings (SSSR count). The lowest BCUT2D eigenvalue weighted by molar-refractivity contribution is -0.906. The van der Waals surface area contributed by atoms with E-state index in [4.69, 9.17) is 31.4 Å². The molecule has 3 saturated heterocycles. The second-order valence-electron chi connectivity index (χ2n) is 24.0. The van der Waals surface area contributed by atoms with Crippen molar-refractivity contribution in [3.63, 3.8) is 0 Å². The first-order valence-electron chi connectivity index (χ1n) is 28.4. The minimum Gasteiger partial charge on any atom is -0.398 e. The first-order valence-corrected chi connectivity index (χ1v) is 28.4. The molecule has 0 bridgehead atoms. The Morgan fingerprint density at radius 1 is 0.453 bits per heavy atom. The smallest absolute Gasteiger partial charge is 0.119 e. The largest absolute Gasteiger partial charge is 0.398 e. The summed E-state index contributed by atoms with van der Waals surface area (Å²) in [5.74, 6) is 0. The Kier molecular flexibility index (Phi) is 20.9. The first-order chi connectivity index (χ1) is 35.9. The van der Waals surface area contributed by atoms with Crippen LogP contribution in [0, 0.1) is 0 Å². The zero-order valence-corrected chi connectivity index (χ0v) is 47.8. The molecule has 75 heavy (non-hydrogen) atoms. The summed E-state index contributed by atoms with van der Waals surface area (Å²) in [6.07, 6.45) is 12.2. The van der Waals surface area contributed by atoms with Crippen molar-refractivity contribution < 1.29 is 27.7 Å². The highest BCUT2D eigenvalue weighted by Gasteiger charge is 2.28. The zero-order chi connectivity index (χ0) is 53.6. The third-order valence-electron chi connectivity index (χ3n) is 15.9. The average Bonchev–Trinajstić information content (AvgIpc) is 4.12. The van der Waals surface area contributed by atoms with Gasteiger partial charge in [0, 0.05) is 137 Å². The minimum absolute atomic E-state index is 0.353. The van der Waals surface area contributed by atoms with Gasteiger partial charge in [0.2, 0.25) is 0 Å². The number of aryl methyl sites for hydroxylation is 3. The van der Waals surface area contributed by atoms with Crippen molar-refractivity contribution in [1.82, 2.24) is 28.4 Å². The maximum atomic E-state index is 6.07. The molecular formula is C60H99N12O3+3. The SMILES string of the molecule is CC[N+](C)(CC)CCC1CN(CCCn2ccc3c(N)cccc32)CCO1.C[N+](C)(C)CC1CN(CCCn2ccc3c(N)cccc32)CCO1.C[N+](C)(C)CC1CN(CCCn2ccc3c(N)cccc32)CCO1. The number of quaternary nitrogens is 3. The number of aromatic nitrogens is 3. The van der Waals surface area contributed by atoms with Gasteiger partial charge in [-0.2, -0.15) is 0 Å². The van der Waals surface area contributed by atoms with Crippen molar-refractivity contribution in [2.24, 2.45) is 0 Å². The Bertz CT molecular complexity index is 2520. The summed E-state index contributed by atoms with van der Waals surface area (Å²) < 4.78 is 27.9. The van der Waals surface area contributed by atoms with Gasteiger partial charge in [0.15, 0.2) is 0 Å². The third-order valence-corrected chi connectivity index (χ3v) is 15.9. The van der Waals surface area contributed by atoms with Crippen LogP contribution in [0.4, 0.5) is 17.1 Å². The van der Waals surface area contributed by atoms with E-state index in [1.807, 2.05) is 36.4 Å². The fourth-order valence-electron chi connectivity index (χ4n) is 11.3. The number of fused-ring (bicyclic) bond motifs is 3. The van der Waals surface area contributed by atoms with Gasteiger partial charge in [-0.1, -0.05) is 18.2 Å². The zero-order valence-electron chi connectivity index (χ0n) is 47.8. The number of hydrogen-bond acceptors (Lipinski definition) is 9. The van der Waals surface area contributed by atoms with Crippen molar-refractivity contribution in [3.05, 3.63) is 91.4 Å². The van der Waals surface area contributed by atoms with E-state index in [0.717, 1.165) is 184 Å². The standard InChI is InChI=1S/C22H37N4O.2C19H31N4O/c1-4-26(3,5-2)16-11-19-18-24(15-17-27-19)12-7-13-25-14-10-20-21(23)8-6-9-22(20)25;2*1-23(2,3)15-16-14-21(12-13-24-16)9-5-10-22-11-8-17-18(20)6-4-7-19(17)22/h6,8-10,14,19H,4-5,7,11-13,15-18,23H2,1-3H3;2*4,6-8,11,16H,5,9-10,12-15,20H2,1-3H3/q3*+1. The minimum atomic E-state index is 0.353. The summed E-state index contributed by atoms with van der Waals surface area (Å²) in [4.78, 5) is 7.67. The fraction of sp³-hybridized carbons (Fsp3) is 0.600. The molecule has 0 radical (unpaired) electrons. The van der Waals surface area contributed by atoms with Crippen LogP contribution in [0.1, 0.15) is 39.5 Å². The van der Waals surface area contributed by atoms with Crippen LogP contribution >= 0.6 is 0 Å². The van der Waals surface area contributed by atoms with Crippen molar-refractivity contribution in [1.29, 1.82) is 0 Å².